The third-order valence-electron chi connectivity index (χ3n) is 4.10. The van der Waals surface area contributed by atoms with Crippen LogP contribution in [0.2, 0.25) is 0 Å². The molecule has 130 valence electrons. The van der Waals surface area contributed by atoms with E-state index in [9.17, 15) is 4.79 Å². The van der Waals surface area contributed by atoms with Gasteiger partial charge in [0.1, 0.15) is 5.58 Å². The number of furan rings is 1. The number of ketones is 1. The number of nitrogens with zero attached hydrogens (tertiary/aromatic N) is 3. The van der Waals surface area contributed by atoms with E-state index in [0.29, 0.717) is 5.76 Å². The first-order valence-electron chi connectivity index (χ1n) is 8.39. The standard InChI is InChI=1S/C20H17N3O2S/c1-2-23-19(14-8-4-3-5-9-14)21-22-20(23)26-13-16(24)18-12-15-10-6-7-11-17(15)25-18/h3-12H,2,13H2,1H3. The molecule has 0 unspecified atom stereocenters. The minimum absolute atomic E-state index is 0.0573. The first-order chi connectivity index (χ1) is 12.8. The van der Waals surface area contributed by atoms with Gasteiger partial charge in [-0.3, -0.25) is 4.79 Å². The van der Waals surface area contributed by atoms with Crippen LogP contribution in [-0.2, 0) is 6.54 Å². The highest BCUT2D eigenvalue weighted by Crippen LogP contribution is 2.25. The molecule has 0 saturated carbocycles. The minimum Gasteiger partial charge on any atom is -0.453 e. The monoisotopic (exact) mass is 363 g/mol. The number of thioether (sulfide) groups is 1. The quantitative estimate of drug-likeness (QED) is 0.367. The van der Waals surface area contributed by atoms with Gasteiger partial charge in [0.05, 0.1) is 5.75 Å². The SMILES string of the molecule is CCn1c(SCC(=O)c2cc3ccccc3o2)nnc1-c1ccccc1. The number of hydrogen-bond acceptors (Lipinski definition) is 5. The molecule has 0 N–H and O–H groups in total. The zero-order valence-electron chi connectivity index (χ0n) is 14.3. The Morgan fingerprint density at radius 1 is 1.08 bits per heavy atom. The van der Waals surface area contributed by atoms with Crippen molar-refractivity contribution in [2.45, 2.75) is 18.6 Å². The number of fused-ring (bicyclic) bond motifs is 1. The molecule has 4 aromatic rings. The summed E-state index contributed by atoms with van der Waals surface area (Å²) >= 11 is 1.38. The van der Waals surface area contributed by atoms with Crippen molar-refractivity contribution >= 4 is 28.5 Å². The average Bonchev–Trinajstić information content (AvgIpc) is 3.30. The largest absolute Gasteiger partial charge is 0.453 e. The lowest BCUT2D eigenvalue weighted by Gasteiger charge is -2.06. The Hall–Kier alpha value is -2.86. The lowest BCUT2D eigenvalue weighted by atomic mass is 10.2. The first-order valence-corrected chi connectivity index (χ1v) is 9.38. The fourth-order valence-electron chi connectivity index (χ4n) is 2.80. The maximum Gasteiger partial charge on any atom is 0.208 e. The van der Waals surface area contributed by atoms with E-state index < -0.39 is 0 Å². The summed E-state index contributed by atoms with van der Waals surface area (Å²) in [6.45, 7) is 2.78. The average molecular weight is 363 g/mol. The van der Waals surface area contributed by atoms with Crippen molar-refractivity contribution in [3.63, 3.8) is 0 Å². The number of carbonyl (C=O) groups is 1. The molecule has 26 heavy (non-hydrogen) atoms. The van der Waals surface area contributed by atoms with Gasteiger partial charge in [-0.15, -0.1) is 10.2 Å². The van der Waals surface area contributed by atoms with Gasteiger partial charge in [0.2, 0.25) is 5.78 Å². The van der Waals surface area contributed by atoms with E-state index in [-0.39, 0.29) is 11.5 Å². The molecule has 0 aliphatic heterocycles. The number of hydrogen-bond donors (Lipinski definition) is 0. The second kappa shape index (κ2) is 7.17. The molecule has 0 amide bonds. The number of para-hydroxylation sites is 1. The second-order valence-corrected chi connectivity index (χ2v) is 6.72. The molecule has 2 aromatic carbocycles. The van der Waals surface area contributed by atoms with E-state index in [1.807, 2.05) is 66.1 Å². The van der Waals surface area contributed by atoms with Crippen molar-refractivity contribution in [3.8, 4) is 11.4 Å². The van der Waals surface area contributed by atoms with E-state index in [2.05, 4.69) is 10.2 Å². The van der Waals surface area contributed by atoms with Crippen LogP contribution in [0.15, 0.2) is 70.2 Å². The Labute approximate surface area is 155 Å². The van der Waals surface area contributed by atoms with Crippen LogP contribution in [0.5, 0.6) is 0 Å². The van der Waals surface area contributed by atoms with Crippen LogP contribution in [0, 0.1) is 0 Å². The third-order valence-corrected chi connectivity index (χ3v) is 5.06. The normalized spacial score (nSPS) is 11.1. The van der Waals surface area contributed by atoms with Gasteiger partial charge >= 0.3 is 0 Å². The van der Waals surface area contributed by atoms with Crippen LogP contribution in [0.3, 0.4) is 0 Å². The van der Waals surface area contributed by atoms with Crippen LogP contribution in [0.25, 0.3) is 22.4 Å². The van der Waals surface area contributed by atoms with Crippen molar-refractivity contribution in [3.05, 3.63) is 66.4 Å². The zero-order chi connectivity index (χ0) is 17.9. The molecule has 0 atom stereocenters. The molecule has 0 saturated heterocycles. The summed E-state index contributed by atoms with van der Waals surface area (Å²) < 4.78 is 7.66. The summed E-state index contributed by atoms with van der Waals surface area (Å²) in [7, 11) is 0. The summed E-state index contributed by atoms with van der Waals surface area (Å²) in [5.74, 6) is 1.39. The Morgan fingerprint density at radius 2 is 1.85 bits per heavy atom. The highest BCUT2D eigenvalue weighted by Gasteiger charge is 2.17. The van der Waals surface area contributed by atoms with Crippen molar-refractivity contribution < 1.29 is 9.21 Å². The maximum atomic E-state index is 12.5. The molecule has 2 aromatic heterocycles. The van der Waals surface area contributed by atoms with Crippen LogP contribution in [-0.4, -0.2) is 26.3 Å². The third kappa shape index (κ3) is 3.15. The van der Waals surface area contributed by atoms with Crippen molar-refractivity contribution in [1.82, 2.24) is 14.8 Å². The van der Waals surface area contributed by atoms with Crippen molar-refractivity contribution in [2.75, 3.05) is 5.75 Å². The van der Waals surface area contributed by atoms with Crippen LogP contribution >= 0.6 is 11.8 Å². The summed E-state index contributed by atoms with van der Waals surface area (Å²) in [5, 5.41) is 10.2. The molecule has 0 fully saturated rings. The lowest BCUT2D eigenvalue weighted by molar-refractivity contribution is 0.0994. The highest BCUT2D eigenvalue weighted by atomic mass is 32.2. The van der Waals surface area contributed by atoms with Gasteiger partial charge in [-0.1, -0.05) is 60.3 Å². The molecule has 0 aliphatic carbocycles. The van der Waals surface area contributed by atoms with Gasteiger partial charge in [-0.2, -0.15) is 0 Å². The molecule has 0 radical (unpaired) electrons. The second-order valence-electron chi connectivity index (χ2n) is 5.78. The smallest absolute Gasteiger partial charge is 0.208 e. The topological polar surface area (TPSA) is 60.9 Å². The summed E-state index contributed by atoms with van der Waals surface area (Å²) in [4.78, 5) is 12.5. The predicted molar refractivity (Wildman–Crippen MR) is 102 cm³/mol. The maximum absolute atomic E-state index is 12.5. The zero-order valence-corrected chi connectivity index (χ0v) is 15.1. The Balaban J connectivity index is 1.52. The summed E-state index contributed by atoms with van der Waals surface area (Å²) in [5.41, 5.74) is 1.74. The highest BCUT2D eigenvalue weighted by molar-refractivity contribution is 7.99. The van der Waals surface area contributed by atoms with Gasteiger partial charge in [-0.25, -0.2) is 0 Å². The molecular formula is C20H17N3O2S. The van der Waals surface area contributed by atoms with Gasteiger partial charge < -0.3 is 8.98 Å². The Kier molecular flexibility index (Phi) is 4.58. The fourth-order valence-corrected chi connectivity index (χ4v) is 3.67. The molecule has 0 aliphatic rings. The number of carbonyl (C=O) groups excluding carboxylic acids is 1. The fraction of sp³-hybridized carbons (Fsp3) is 0.150. The minimum atomic E-state index is -0.0573. The van der Waals surface area contributed by atoms with Gasteiger partial charge in [0.15, 0.2) is 16.7 Å². The predicted octanol–water partition coefficient (Wildman–Crippen LogP) is 4.69. The van der Waals surface area contributed by atoms with E-state index in [4.69, 9.17) is 4.42 Å². The molecule has 0 bridgehead atoms. The molecular weight excluding hydrogens is 346 g/mol. The summed E-state index contributed by atoms with van der Waals surface area (Å²) in [6.07, 6.45) is 0. The van der Waals surface area contributed by atoms with E-state index in [0.717, 1.165) is 34.1 Å². The van der Waals surface area contributed by atoms with Crippen LogP contribution in [0.1, 0.15) is 17.5 Å². The molecule has 2 heterocycles. The van der Waals surface area contributed by atoms with E-state index in [1.165, 1.54) is 11.8 Å². The molecule has 6 heteroatoms. The molecule has 5 nitrogen and oxygen atoms in total. The Morgan fingerprint density at radius 3 is 2.62 bits per heavy atom. The number of aromatic nitrogens is 3. The first kappa shape index (κ1) is 16.6. The van der Waals surface area contributed by atoms with Gasteiger partial charge in [0.25, 0.3) is 0 Å². The summed E-state index contributed by atoms with van der Waals surface area (Å²) in [6, 6.07) is 19.3. The number of benzene rings is 2. The van der Waals surface area contributed by atoms with E-state index >= 15 is 0 Å². The van der Waals surface area contributed by atoms with Gasteiger partial charge in [-0.05, 0) is 19.1 Å². The number of rotatable bonds is 6. The van der Waals surface area contributed by atoms with Crippen molar-refractivity contribution in [2.24, 2.45) is 0 Å². The number of Topliss-reactive ketones (excluding diaryl/α,β-unsaturated/α-hetero) is 1. The molecule has 4 rings (SSSR count). The molecule has 0 spiro atoms. The van der Waals surface area contributed by atoms with Crippen LogP contribution in [0.4, 0.5) is 0 Å². The lowest BCUT2D eigenvalue weighted by Crippen LogP contribution is -2.04. The van der Waals surface area contributed by atoms with Crippen molar-refractivity contribution in [1.29, 1.82) is 0 Å². The van der Waals surface area contributed by atoms with E-state index in [1.54, 1.807) is 6.07 Å². The van der Waals surface area contributed by atoms with Crippen LogP contribution < -0.4 is 0 Å². The Bertz CT molecular complexity index is 1020. The van der Waals surface area contributed by atoms with Gasteiger partial charge in [0, 0.05) is 17.5 Å².